The van der Waals surface area contributed by atoms with Crippen molar-refractivity contribution >= 4 is 21.9 Å². The summed E-state index contributed by atoms with van der Waals surface area (Å²) in [7, 11) is 1.89. The number of H-pyrrole nitrogens is 1. The van der Waals surface area contributed by atoms with Gasteiger partial charge in [-0.1, -0.05) is 18.2 Å². The number of nitrogens with one attached hydrogen (secondary N) is 1. The molecule has 0 bridgehead atoms. The topological polar surface area (TPSA) is 55.6 Å². The maximum absolute atomic E-state index is 12.2. The third-order valence-electron chi connectivity index (χ3n) is 3.56. The Morgan fingerprint density at radius 2 is 1.90 bits per heavy atom. The number of benzene rings is 2. The van der Waals surface area contributed by atoms with Crippen LogP contribution in [0.5, 0.6) is 0 Å². The van der Waals surface area contributed by atoms with Gasteiger partial charge in [0, 0.05) is 12.4 Å². The molecule has 0 atom stereocenters. The van der Waals surface area contributed by atoms with Crippen molar-refractivity contribution in [2.45, 2.75) is 0 Å². The molecule has 98 valence electrons. The Balaban J connectivity index is 2.15. The van der Waals surface area contributed by atoms with Gasteiger partial charge in [-0.15, -0.1) is 0 Å². The highest BCUT2D eigenvalue weighted by Gasteiger charge is 2.11. The molecule has 2 aromatic carbocycles. The molecular formula is C15H12N4O. The standard InChI is InChI=1S/C15H12N4O/c1-18-13-8-14-12(7-10(13)9-16-18)17-15(20)19(14)11-5-3-2-4-6-11/h2-9H,1H3,(H,17,20). The van der Waals surface area contributed by atoms with E-state index in [0.717, 1.165) is 27.6 Å². The summed E-state index contributed by atoms with van der Waals surface area (Å²) in [4.78, 5) is 15.1. The van der Waals surface area contributed by atoms with Crippen molar-refractivity contribution in [2.24, 2.45) is 7.05 Å². The molecule has 4 aromatic rings. The van der Waals surface area contributed by atoms with Crippen molar-refractivity contribution in [3.63, 3.8) is 0 Å². The number of aromatic nitrogens is 4. The van der Waals surface area contributed by atoms with E-state index in [0.29, 0.717) is 0 Å². The number of imidazole rings is 1. The molecule has 0 saturated carbocycles. The maximum atomic E-state index is 12.2. The van der Waals surface area contributed by atoms with Crippen LogP contribution in [0.3, 0.4) is 0 Å². The number of aryl methyl sites for hydroxylation is 1. The van der Waals surface area contributed by atoms with Gasteiger partial charge in [0.15, 0.2) is 0 Å². The summed E-state index contributed by atoms with van der Waals surface area (Å²) < 4.78 is 3.49. The Morgan fingerprint density at radius 1 is 1.10 bits per heavy atom. The van der Waals surface area contributed by atoms with Crippen molar-refractivity contribution in [1.29, 1.82) is 0 Å². The molecule has 0 aliphatic carbocycles. The van der Waals surface area contributed by atoms with Crippen LogP contribution >= 0.6 is 0 Å². The molecule has 2 heterocycles. The fourth-order valence-electron chi connectivity index (χ4n) is 2.59. The molecule has 0 radical (unpaired) electrons. The van der Waals surface area contributed by atoms with E-state index < -0.39 is 0 Å². The first-order chi connectivity index (χ1) is 9.74. The van der Waals surface area contributed by atoms with Crippen LogP contribution in [0.15, 0.2) is 53.5 Å². The minimum absolute atomic E-state index is 0.130. The Morgan fingerprint density at radius 3 is 2.70 bits per heavy atom. The maximum Gasteiger partial charge on any atom is 0.331 e. The van der Waals surface area contributed by atoms with Crippen LogP contribution in [-0.4, -0.2) is 19.3 Å². The summed E-state index contributed by atoms with van der Waals surface area (Å²) in [5.74, 6) is 0. The van der Waals surface area contributed by atoms with Crippen molar-refractivity contribution in [2.75, 3.05) is 0 Å². The zero-order valence-electron chi connectivity index (χ0n) is 10.9. The molecule has 20 heavy (non-hydrogen) atoms. The van der Waals surface area contributed by atoms with Gasteiger partial charge >= 0.3 is 5.69 Å². The van der Waals surface area contributed by atoms with E-state index in [4.69, 9.17) is 0 Å². The van der Waals surface area contributed by atoms with Gasteiger partial charge in [0.2, 0.25) is 0 Å². The summed E-state index contributed by atoms with van der Waals surface area (Å²) in [5, 5.41) is 5.25. The van der Waals surface area contributed by atoms with Crippen molar-refractivity contribution in [1.82, 2.24) is 19.3 Å². The molecule has 0 amide bonds. The van der Waals surface area contributed by atoms with Crippen LogP contribution in [0.1, 0.15) is 0 Å². The van der Waals surface area contributed by atoms with Crippen LogP contribution in [-0.2, 0) is 7.05 Å². The van der Waals surface area contributed by atoms with Crippen LogP contribution in [0.4, 0.5) is 0 Å². The van der Waals surface area contributed by atoms with E-state index >= 15 is 0 Å². The quantitative estimate of drug-likeness (QED) is 0.573. The van der Waals surface area contributed by atoms with Crippen molar-refractivity contribution < 1.29 is 0 Å². The molecule has 2 aromatic heterocycles. The van der Waals surface area contributed by atoms with E-state index in [9.17, 15) is 4.79 Å². The number of para-hydroxylation sites is 1. The van der Waals surface area contributed by atoms with Gasteiger partial charge in [-0.2, -0.15) is 5.10 Å². The van der Waals surface area contributed by atoms with Crippen molar-refractivity contribution in [3.05, 3.63) is 59.1 Å². The van der Waals surface area contributed by atoms with Crippen LogP contribution in [0.2, 0.25) is 0 Å². The highest BCUT2D eigenvalue weighted by Crippen LogP contribution is 2.22. The van der Waals surface area contributed by atoms with Crippen molar-refractivity contribution in [3.8, 4) is 5.69 Å². The van der Waals surface area contributed by atoms with Gasteiger partial charge in [-0.3, -0.25) is 9.25 Å². The number of nitrogens with zero attached hydrogens (tertiary/aromatic N) is 3. The van der Waals surface area contributed by atoms with E-state index in [1.165, 1.54) is 0 Å². The molecule has 0 spiro atoms. The molecule has 0 aliphatic rings. The Bertz CT molecular complexity index is 976. The minimum atomic E-state index is -0.130. The second-order valence-electron chi connectivity index (χ2n) is 4.80. The second kappa shape index (κ2) is 3.84. The van der Waals surface area contributed by atoms with Crippen LogP contribution in [0, 0.1) is 0 Å². The molecule has 5 nitrogen and oxygen atoms in total. The number of aromatic amines is 1. The van der Waals surface area contributed by atoms with E-state index in [1.807, 2.05) is 54.2 Å². The number of fused-ring (bicyclic) bond motifs is 2. The van der Waals surface area contributed by atoms with Crippen LogP contribution < -0.4 is 5.69 Å². The average molecular weight is 264 g/mol. The lowest BCUT2D eigenvalue weighted by Crippen LogP contribution is -2.14. The Labute approximate surface area is 114 Å². The third-order valence-corrected chi connectivity index (χ3v) is 3.56. The first-order valence-corrected chi connectivity index (χ1v) is 6.36. The Kier molecular flexibility index (Phi) is 2.12. The first kappa shape index (κ1) is 11.0. The molecule has 0 aliphatic heterocycles. The summed E-state index contributed by atoms with van der Waals surface area (Å²) >= 11 is 0. The number of hydrogen-bond acceptors (Lipinski definition) is 2. The zero-order chi connectivity index (χ0) is 13.7. The largest absolute Gasteiger partial charge is 0.331 e. The molecule has 0 unspecified atom stereocenters. The fraction of sp³-hybridized carbons (Fsp3) is 0.0667. The molecular weight excluding hydrogens is 252 g/mol. The van der Waals surface area contributed by atoms with E-state index in [-0.39, 0.29) is 5.69 Å². The van der Waals surface area contributed by atoms with Crippen LogP contribution in [0.25, 0.3) is 27.6 Å². The zero-order valence-corrected chi connectivity index (χ0v) is 10.9. The Hall–Kier alpha value is -2.82. The highest BCUT2D eigenvalue weighted by atomic mass is 16.1. The smallest absolute Gasteiger partial charge is 0.305 e. The van der Waals surface area contributed by atoms with Gasteiger partial charge in [0.1, 0.15) is 0 Å². The molecule has 0 saturated heterocycles. The third kappa shape index (κ3) is 1.43. The lowest BCUT2D eigenvalue weighted by Gasteiger charge is -2.03. The lowest BCUT2D eigenvalue weighted by atomic mass is 10.2. The molecule has 1 N–H and O–H groups in total. The predicted octanol–water partition coefficient (Wildman–Crippen LogP) is 2.21. The normalized spacial score (nSPS) is 11.4. The van der Waals surface area contributed by atoms with Gasteiger partial charge in [0.25, 0.3) is 0 Å². The summed E-state index contributed by atoms with van der Waals surface area (Å²) in [6.45, 7) is 0. The van der Waals surface area contributed by atoms with E-state index in [1.54, 1.807) is 10.8 Å². The number of rotatable bonds is 1. The van der Waals surface area contributed by atoms with E-state index in [2.05, 4.69) is 10.1 Å². The SMILES string of the molecule is Cn1ncc2cc3[nH]c(=O)n(-c4ccccc4)c3cc21. The fourth-order valence-corrected chi connectivity index (χ4v) is 2.59. The summed E-state index contributed by atoms with van der Waals surface area (Å²) in [6.07, 6.45) is 1.80. The highest BCUT2D eigenvalue weighted by molar-refractivity contribution is 5.93. The lowest BCUT2D eigenvalue weighted by molar-refractivity contribution is 0.797. The monoisotopic (exact) mass is 264 g/mol. The summed E-state index contributed by atoms with van der Waals surface area (Å²) in [5.41, 5.74) is 3.40. The van der Waals surface area contributed by atoms with Gasteiger partial charge in [-0.05, 0) is 24.3 Å². The van der Waals surface area contributed by atoms with Gasteiger partial charge in [0.05, 0.1) is 28.4 Å². The molecule has 4 rings (SSSR count). The average Bonchev–Trinajstić information content (AvgIpc) is 2.97. The van der Waals surface area contributed by atoms with Gasteiger partial charge in [-0.25, -0.2) is 4.79 Å². The number of hydrogen-bond donors (Lipinski definition) is 1. The predicted molar refractivity (Wildman–Crippen MR) is 78.2 cm³/mol. The summed E-state index contributed by atoms with van der Waals surface area (Å²) in [6, 6.07) is 13.6. The van der Waals surface area contributed by atoms with Gasteiger partial charge < -0.3 is 4.98 Å². The molecule has 0 fully saturated rings. The minimum Gasteiger partial charge on any atom is -0.305 e. The second-order valence-corrected chi connectivity index (χ2v) is 4.80. The first-order valence-electron chi connectivity index (χ1n) is 6.36. The molecule has 5 heteroatoms.